The standard InChI is InChI=1S/C15H19N3OS/c19-14(6-5-11-7-8-16-9-11)17-10-15-18-12-3-1-2-4-13(12)20-15/h1-4,11,16H,5-10H2,(H,17,19). The van der Waals surface area contributed by atoms with Gasteiger partial charge in [0.2, 0.25) is 5.91 Å². The summed E-state index contributed by atoms with van der Waals surface area (Å²) in [5, 5.41) is 7.28. The van der Waals surface area contributed by atoms with E-state index in [9.17, 15) is 4.79 Å². The zero-order valence-corrected chi connectivity index (χ0v) is 12.2. The molecule has 1 saturated heterocycles. The molecular formula is C15H19N3OS. The molecule has 2 N–H and O–H groups in total. The number of hydrogen-bond donors (Lipinski definition) is 2. The lowest BCUT2D eigenvalue weighted by atomic mass is 10.0. The molecular weight excluding hydrogens is 270 g/mol. The van der Waals surface area contributed by atoms with Gasteiger partial charge in [-0.05, 0) is 44.0 Å². The van der Waals surface area contributed by atoms with Crippen molar-refractivity contribution in [3.05, 3.63) is 29.3 Å². The molecule has 3 rings (SSSR count). The van der Waals surface area contributed by atoms with Gasteiger partial charge < -0.3 is 10.6 Å². The topological polar surface area (TPSA) is 54.0 Å². The van der Waals surface area contributed by atoms with Gasteiger partial charge in [-0.3, -0.25) is 4.79 Å². The van der Waals surface area contributed by atoms with E-state index in [4.69, 9.17) is 0 Å². The van der Waals surface area contributed by atoms with Gasteiger partial charge >= 0.3 is 0 Å². The average molecular weight is 289 g/mol. The molecule has 1 aromatic carbocycles. The Morgan fingerprint density at radius 1 is 1.45 bits per heavy atom. The fraction of sp³-hybridized carbons (Fsp3) is 0.467. The Labute approximate surface area is 122 Å². The number of benzene rings is 1. The Bertz CT molecular complexity index is 557. The minimum absolute atomic E-state index is 0.135. The van der Waals surface area contributed by atoms with Crippen molar-refractivity contribution < 1.29 is 4.79 Å². The fourth-order valence-corrected chi connectivity index (χ4v) is 3.46. The Hall–Kier alpha value is -1.46. The normalized spacial score (nSPS) is 18.5. The molecule has 2 heterocycles. The number of carbonyl (C=O) groups is 1. The minimum Gasteiger partial charge on any atom is -0.350 e. The van der Waals surface area contributed by atoms with Crippen LogP contribution in [-0.4, -0.2) is 24.0 Å². The van der Waals surface area contributed by atoms with Gasteiger partial charge in [0.1, 0.15) is 5.01 Å². The van der Waals surface area contributed by atoms with Crippen LogP contribution in [0.15, 0.2) is 24.3 Å². The van der Waals surface area contributed by atoms with Gasteiger partial charge in [0.05, 0.1) is 16.8 Å². The highest BCUT2D eigenvalue weighted by Gasteiger charge is 2.15. The average Bonchev–Trinajstić information content (AvgIpc) is 3.11. The van der Waals surface area contributed by atoms with Crippen molar-refractivity contribution in [1.82, 2.24) is 15.6 Å². The van der Waals surface area contributed by atoms with Gasteiger partial charge in [-0.1, -0.05) is 12.1 Å². The van der Waals surface area contributed by atoms with E-state index < -0.39 is 0 Å². The lowest BCUT2D eigenvalue weighted by Crippen LogP contribution is -2.23. The molecule has 2 aromatic rings. The van der Waals surface area contributed by atoms with Gasteiger partial charge in [0, 0.05) is 6.42 Å². The molecule has 1 amide bonds. The van der Waals surface area contributed by atoms with Crippen molar-refractivity contribution >= 4 is 27.5 Å². The molecule has 1 fully saturated rings. The summed E-state index contributed by atoms with van der Waals surface area (Å²) in [4.78, 5) is 16.3. The van der Waals surface area contributed by atoms with Crippen molar-refractivity contribution in [1.29, 1.82) is 0 Å². The van der Waals surface area contributed by atoms with Crippen LogP contribution < -0.4 is 10.6 Å². The molecule has 4 nitrogen and oxygen atoms in total. The van der Waals surface area contributed by atoms with Crippen LogP contribution >= 0.6 is 11.3 Å². The summed E-state index contributed by atoms with van der Waals surface area (Å²) in [6.07, 6.45) is 2.81. The minimum atomic E-state index is 0.135. The highest BCUT2D eigenvalue weighted by atomic mass is 32.1. The summed E-state index contributed by atoms with van der Waals surface area (Å²) in [6, 6.07) is 8.06. The van der Waals surface area contributed by atoms with Crippen LogP contribution in [0, 0.1) is 5.92 Å². The number of nitrogens with one attached hydrogen (secondary N) is 2. The highest BCUT2D eigenvalue weighted by Crippen LogP contribution is 2.21. The Morgan fingerprint density at radius 2 is 2.35 bits per heavy atom. The second-order valence-electron chi connectivity index (χ2n) is 5.25. The first-order valence-electron chi connectivity index (χ1n) is 7.13. The molecule has 0 aliphatic carbocycles. The van der Waals surface area contributed by atoms with Crippen LogP contribution in [0.5, 0.6) is 0 Å². The molecule has 20 heavy (non-hydrogen) atoms. The van der Waals surface area contributed by atoms with Crippen LogP contribution in [0.3, 0.4) is 0 Å². The predicted molar refractivity (Wildman–Crippen MR) is 81.7 cm³/mol. The van der Waals surface area contributed by atoms with E-state index >= 15 is 0 Å². The fourth-order valence-electron chi connectivity index (χ4n) is 2.55. The summed E-state index contributed by atoms with van der Waals surface area (Å²) < 4.78 is 1.17. The molecule has 1 aromatic heterocycles. The number of fused-ring (bicyclic) bond motifs is 1. The highest BCUT2D eigenvalue weighted by molar-refractivity contribution is 7.18. The Morgan fingerprint density at radius 3 is 3.15 bits per heavy atom. The lowest BCUT2D eigenvalue weighted by molar-refractivity contribution is -0.121. The number of amides is 1. The number of aromatic nitrogens is 1. The molecule has 0 radical (unpaired) electrons. The third-order valence-electron chi connectivity index (χ3n) is 3.72. The molecule has 1 atom stereocenters. The Balaban J connectivity index is 1.47. The quantitative estimate of drug-likeness (QED) is 0.888. The van der Waals surface area contributed by atoms with Gasteiger partial charge in [-0.25, -0.2) is 4.98 Å². The molecule has 0 bridgehead atoms. The van der Waals surface area contributed by atoms with Crippen LogP contribution in [0.2, 0.25) is 0 Å². The van der Waals surface area contributed by atoms with Crippen molar-refractivity contribution in [3.63, 3.8) is 0 Å². The molecule has 1 aliphatic heterocycles. The third kappa shape index (κ3) is 3.35. The molecule has 5 heteroatoms. The number of hydrogen-bond acceptors (Lipinski definition) is 4. The van der Waals surface area contributed by atoms with Crippen LogP contribution in [0.1, 0.15) is 24.3 Å². The summed E-state index contributed by atoms with van der Waals surface area (Å²) in [5.74, 6) is 0.805. The van der Waals surface area contributed by atoms with E-state index in [0.717, 1.165) is 30.0 Å². The first-order chi connectivity index (χ1) is 9.81. The second-order valence-corrected chi connectivity index (χ2v) is 6.36. The molecule has 0 spiro atoms. The first-order valence-corrected chi connectivity index (χ1v) is 7.95. The maximum Gasteiger partial charge on any atom is 0.220 e. The van der Waals surface area contributed by atoms with Crippen molar-refractivity contribution in [2.24, 2.45) is 5.92 Å². The maximum absolute atomic E-state index is 11.8. The molecule has 0 saturated carbocycles. The van der Waals surface area contributed by atoms with Crippen LogP contribution in [0.25, 0.3) is 10.2 Å². The summed E-state index contributed by atoms with van der Waals surface area (Å²) in [7, 11) is 0. The Kier molecular flexibility index (Phi) is 4.28. The van der Waals surface area contributed by atoms with Crippen LogP contribution in [-0.2, 0) is 11.3 Å². The van der Waals surface area contributed by atoms with Crippen LogP contribution in [0.4, 0.5) is 0 Å². The smallest absolute Gasteiger partial charge is 0.220 e. The first kappa shape index (κ1) is 13.5. The zero-order valence-electron chi connectivity index (χ0n) is 11.4. The number of thiazole rings is 1. The van der Waals surface area contributed by atoms with E-state index in [1.807, 2.05) is 18.2 Å². The van der Waals surface area contributed by atoms with Crippen molar-refractivity contribution in [2.45, 2.75) is 25.8 Å². The van der Waals surface area contributed by atoms with Gasteiger partial charge in [-0.2, -0.15) is 0 Å². The maximum atomic E-state index is 11.8. The summed E-state index contributed by atoms with van der Waals surface area (Å²) >= 11 is 1.65. The van der Waals surface area contributed by atoms with Crippen molar-refractivity contribution in [2.75, 3.05) is 13.1 Å². The van der Waals surface area contributed by atoms with Gasteiger partial charge in [0.15, 0.2) is 0 Å². The molecule has 106 valence electrons. The number of rotatable bonds is 5. The second kappa shape index (κ2) is 6.33. The predicted octanol–water partition coefficient (Wildman–Crippen LogP) is 2.30. The SMILES string of the molecule is O=C(CCC1CCNC1)NCc1nc2ccccc2s1. The largest absolute Gasteiger partial charge is 0.350 e. The van der Waals surface area contributed by atoms with E-state index in [1.54, 1.807) is 11.3 Å². The molecule has 1 aliphatic rings. The number of carbonyl (C=O) groups excluding carboxylic acids is 1. The van der Waals surface area contributed by atoms with E-state index in [2.05, 4.69) is 21.7 Å². The lowest BCUT2D eigenvalue weighted by Gasteiger charge is -2.07. The molecule has 1 unspecified atom stereocenters. The van der Waals surface area contributed by atoms with E-state index in [0.29, 0.717) is 18.9 Å². The third-order valence-corrected chi connectivity index (χ3v) is 4.75. The summed E-state index contributed by atoms with van der Waals surface area (Å²) in [5.41, 5.74) is 1.01. The number of para-hydroxylation sites is 1. The van der Waals surface area contributed by atoms with E-state index in [1.165, 1.54) is 11.1 Å². The van der Waals surface area contributed by atoms with E-state index in [-0.39, 0.29) is 5.91 Å². The zero-order chi connectivity index (χ0) is 13.8. The summed E-state index contributed by atoms with van der Waals surface area (Å²) in [6.45, 7) is 2.70. The van der Waals surface area contributed by atoms with Gasteiger partial charge in [0.25, 0.3) is 0 Å². The van der Waals surface area contributed by atoms with Gasteiger partial charge in [-0.15, -0.1) is 11.3 Å². The van der Waals surface area contributed by atoms with Crippen molar-refractivity contribution in [3.8, 4) is 0 Å². The number of nitrogens with zero attached hydrogens (tertiary/aromatic N) is 1. The monoisotopic (exact) mass is 289 g/mol.